The van der Waals surface area contributed by atoms with Gasteiger partial charge in [0, 0.05) is 6.04 Å². The zero-order valence-corrected chi connectivity index (χ0v) is 12.3. The SMILES string of the molecule is COc1ccc(NC2CC(C)CC(C)C2)c([N+](=O)[O-])c1. The van der Waals surface area contributed by atoms with E-state index in [0.717, 1.165) is 12.8 Å². The average molecular weight is 278 g/mol. The third-order valence-corrected chi connectivity index (χ3v) is 3.94. The lowest BCUT2D eigenvalue weighted by Crippen LogP contribution is -2.30. The highest BCUT2D eigenvalue weighted by atomic mass is 16.6. The summed E-state index contributed by atoms with van der Waals surface area (Å²) >= 11 is 0. The van der Waals surface area contributed by atoms with Crippen molar-refractivity contribution in [1.82, 2.24) is 0 Å². The Morgan fingerprint density at radius 2 is 1.90 bits per heavy atom. The second-order valence-electron chi connectivity index (χ2n) is 5.90. The van der Waals surface area contributed by atoms with Crippen molar-refractivity contribution in [2.45, 2.75) is 39.2 Å². The van der Waals surface area contributed by atoms with E-state index < -0.39 is 0 Å². The van der Waals surface area contributed by atoms with Crippen LogP contribution in [0.5, 0.6) is 5.75 Å². The normalized spacial score (nSPS) is 26.1. The van der Waals surface area contributed by atoms with E-state index >= 15 is 0 Å². The maximum atomic E-state index is 11.2. The van der Waals surface area contributed by atoms with Gasteiger partial charge in [-0.25, -0.2) is 0 Å². The molecule has 1 N–H and O–H groups in total. The molecular formula is C15H22N2O3. The van der Waals surface area contributed by atoms with E-state index in [1.807, 2.05) is 0 Å². The molecule has 0 radical (unpaired) electrons. The fraction of sp³-hybridized carbons (Fsp3) is 0.600. The van der Waals surface area contributed by atoms with E-state index in [1.54, 1.807) is 12.1 Å². The van der Waals surface area contributed by atoms with Crippen molar-refractivity contribution >= 4 is 11.4 Å². The van der Waals surface area contributed by atoms with Gasteiger partial charge in [0.15, 0.2) is 0 Å². The van der Waals surface area contributed by atoms with Gasteiger partial charge in [-0.3, -0.25) is 10.1 Å². The molecule has 1 aliphatic rings. The summed E-state index contributed by atoms with van der Waals surface area (Å²) in [7, 11) is 1.51. The number of hydrogen-bond acceptors (Lipinski definition) is 4. The maximum absolute atomic E-state index is 11.2. The smallest absolute Gasteiger partial charge is 0.296 e. The summed E-state index contributed by atoms with van der Waals surface area (Å²) in [5.41, 5.74) is 0.664. The molecule has 0 heterocycles. The van der Waals surface area contributed by atoms with Gasteiger partial charge in [-0.05, 0) is 43.2 Å². The zero-order chi connectivity index (χ0) is 14.7. The van der Waals surface area contributed by atoms with Crippen molar-refractivity contribution in [3.63, 3.8) is 0 Å². The van der Waals surface area contributed by atoms with Gasteiger partial charge >= 0.3 is 0 Å². The highest BCUT2D eigenvalue weighted by Crippen LogP contribution is 2.34. The zero-order valence-electron chi connectivity index (χ0n) is 12.3. The van der Waals surface area contributed by atoms with Gasteiger partial charge in [-0.1, -0.05) is 13.8 Å². The van der Waals surface area contributed by atoms with Gasteiger partial charge in [0.2, 0.25) is 0 Å². The Morgan fingerprint density at radius 1 is 1.25 bits per heavy atom. The van der Waals surface area contributed by atoms with Crippen molar-refractivity contribution < 1.29 is 9.66 Å². The molecule has 5 nitrogen and oxygen atoms in total. The minimum absolute atomic E-state index is 0.0789. The third-order valence-electron chi connectivity index (χ3n) is 3.94. The van der Waals surface area contributed by atoms with Crippen LogP contribution in [0.15, 0.2) is 18.2 Å². The molecule has 20 heavy (non-hydrogen) atoms. The quantitative estimate of drug-likeness (QED) is 0.671. The average Bonchev–Trinajstić information content (AvgIpc) is 2.37. The first-order valence-corrected chi connectivity index (χ1v) is 7.08. The van der Waals surface area contributed by atoms with Gasteiger partial charge in [-0.2, -0.15) is 0 Å². The number of nitrogens with zero attached hydrogens (tertiary/aromatic N) is 1. The number of anilines is 1. The van der Waals surface area contributed by atoms with E-state index in [1.165, 1.54) is 19.6 Å². The van der Waals surface area contributed by atoms with Crippen LogP contribution in [0.2, 0.25) is 0 Å². The standard InChI is InChI=1S/C15H22N2O3/c1-10-6-11(2)8-12(7-10)16-14-5-4-13(20-3)9-15(14)17(18)19/h4-5,9-12,16H,6-8H2,1-3H3. The predicted octanol–water partition coefficient (Wildman–Crippen LogP) is 3.84. The van der Waals surface area contributed by atoms with Crippen molar-refractivity contribution in [3.05, 3.63) is 28.3 Å². The number of nitrogens with one attached hydrogen (secondary N) is 1. The molecule has 0 saturated heterocycles. The predicted molar refractivity (Wildman–Crippen MR) is 79.2 cm³/mol. The topological polar surface area (TPSA) is 64.4 Å². The summed E-state index contributed by atoms with van der Waals surface area (Å²) in [5, 5.41) is 14.5. The fourth-order valence-electron chi connectivity index (χ4n) is 3.20. The van der Waals surface area contributed by atoms with Crippen LogP contribution in [-0.2, 0) is 0 Å². The summed E-state index contributed by atoms with van der Waals surface area (Å²) in [6.45, 7) is 4.49. The molecule has 1 aromatic rings. The number of benzene rings is 1. The van der Waals surface area contributed by atoms with Crippen LogP contribution < -0.4 is 10.1 Å². The molecule has 2 rings (SSSR count). The monoisotopic (exact) mass is 278 g/mol. The molecule has 0 aliphatic heterocycles. The first-order valence-electron chi connectivity index (χ1n) is 7.08. The number of ether oxygens (including phenoxy) is 1. The lowest BCUT2D eigenvalue weighted by atomic mass is 9.80. The second kappa shape index (κ2) is 6.11. The molecule has 1 aromatic carbocycles. The summed E-state index contributed by atoms with van der Waals surface area (Å²) < 4.78 is 5.05. The van der Waals surface area contributed by atoms with Crippen LogP contribution in [0.4, 0.5) is 11.4 Å². The van der Waals surface area contributed by atoms with E-state index in [4.69, 9.17) is 4.74 Å². The Bertz CT molecular complexity index is 480. The molecule has 1 saturated carbocycles. The summed E-state index contributed by atoms with van der Waals surface area (Å²) in [6, 6.07) is 5.27. The van der Waals surface area contributed by atoms with Crippen LogP contribution in [0.25, 0.3) is 0 Å². The fourth-order valence-corrected chi connectivity index (χ4v) is 3.20. The molecule has 5 heteroatoms. The summed E-state index contributed by atoms with van der Waals surface area (Å²) in [4.78, 5) is 10.8. The second-order valence-corrected chi connectivity index (χ2v) is 5.90. The Hall–Kier alpha value is -1.78. The molecule has 1 fully saturated rings. The lowest BCUT2D eigenvalue weighted by molar-refractivity contribution is -0.384. The molecule has 2 atom stereocenters. The van der Waals surface area contributed by atoms with Gasteiger partial charge in [0.25, 0.3) is 5.69 Å². The largest absolute Gasteiger partial charge is 0.496 e. The highest BCUT2D eigenvalue weighted by molar-refractivity contribution is 5.64. The maximum Gasteiger partial charge on any atom is 0.296 e. The molecule has 0 spiro atoms. The number of nitro groups is 1. The number of hydrogen-bond donors (Lipinski definition) is 1. The molecule has 110 valence electrons. The Balaban J connectivity index is 2.18. The van der Waals surface area contributed by atoms with Crippen LogP contribution >= 0.6 is 0 Å². The van der Waals surface area contributed by atoms with Crippen LogP contribution in [-0.4, -0.2) is 18.1 Å². The van der Waals surface area contributed by atoms with Crippen LogP contribution in [0.3, 0.4) is 0 Å². The Kier molecular flexibility index (Phi) is 4.47. The van der Waals surface area contributed by atoms with E-state index in [-0.39, 0.29) is 10.6 Å². The first-order chi connectivity index (χ1) is 9.49. The number of methoxy groups -OCH3 is 1. The molecular weight excluding hydrogens is 256 g/mol. The van der Waals surface area contributed by atoms with E-state index in [9.17, 15) is 10.1 Å². The molecule has 0 bridgehead atoms. The molecule has 0 amide bonds. The summed E-state index contributed by atoms with van der Waals surface area (Å²) in [6.07, 6.45) is 3.37. The van der Waals surface area contributed by atoms with E-state index in [2.05, 4.69) is 19.2 Å². The number of nitro benzene ring substituents is 1. The molecule has 1 aliphatic carbocycles. The van der Waals surface area contributed by atoms with Crippen molar-refractivity contribution in [2.24, 2.45) is 11.8 Å². The van der Waals surface area contributed by atoms with Crippen LogP contribution in [0, 0.1) is 22.0 Å². The summed E-state index contributed by atoms with van der Waals surface area (Å²) in [5.74, 6) is 1.83. The molecule has 0 aromatic heterocycles. The first kappa shape index (κ1) is 14.6. The van der Waals surface area contributed by atoms with Crippen molar-refractivity contribution in [2.75, 3.05) is 12.4 Å². The van der Waals surface area contributed by atoms with Gasteiger partial charge < -0.3 is 10.1 Å². The van der Waals surface area contributed by atoms with Crippen molar-refractivity contribution in [1.29, 1.82) is 0 Å². The van der Waals surface area contributed by atoms with Crippen molar-refractivity contribution in [3.8, 4) is 5.75 Å². The van der Waals surface area contributed by atoms with Gasteiger partial charge in [0.1, 0.15) is 11.4 Å². The van der Waals surface area contributed by atoms with Crippen LogP contribution in [0.1, 0.15) is 33.1 Å². The highest BCUT2D eigenvalue weighted by Gasteiger charge is 2.26. The Morgan fingerprint density at radius 3 is 2.45 bits per heavy atom. The van der Waals surface area contributed by atoms with Gasteiger partial charge in [0.05, 0.1) is 18.1 Å². The lowest BCUT2D eigenvalue weighted by Gasteiger charge is -2.32. The minimum Gasteiger partial charge on any atom is -0.496 e. The van der Waals surface area contributed by atoms with E-state index in [0.29, 0.717) is 29.3 Å². The number of rotatable bonds is 4. The molecule has 2 unspecified atom stereocenters. The Labute approximate surface area is 119 Å². The van der Waals surface area contributed by atoms with Gasteiger partial charge in [-0.15, -0.1) is 0 Å². The third kappa shape index (κ3) is 3.40. The minimum atomic E-state index is -0.361.